The maximum atomic E-state index is 13.4. The molecule has 1 rings (SSSR count). The van der Waals surface area contributed by atoms with E-state index < -0.39 is 67.4 Å². The van der Waals surface area contributed by atoms with Gasteiger partial charge >= 0.3 is 5.97 Å². The van der Waals surface area contributed by atoms with E-state index in [4.69, 9.17) is 14.2 Å². The van der Waals surface area contributed by atoms with Gasteiger partial charge in [0.2, 0.25) is 5.91 Å². The number of unbranched alkanes of at least 4 members (excludes halogenated alkanes) is 27. The van der Waals surface area contributed by atoms with Crippen LogP contribution in [0.4, 0.5) is 0 Å². The summed E-state index contributed by atoms with van der Waals surface area (Å²) in [4.78, 5) is 26.5. The summed E-state index contributed by atoms with van der Waals surface area (Å²) in [6.07, 6.45) is 52.3. The van der Waals surface area contributed by atoms with E-state index in [0.717, 1.165) is 89.9 Å². The molecule has 11 nitrogen and oxygen atoms in total. The molecule has 1 fully saturated rings. The van der Waals surface area contributed by atoms with Crippen molar-refractivity contribution in [2.24, 2.45) is 0 Å². The summed E-state index contributed by atoms with van der Waals surface area (Å²) < 4.78 is 17.5. The van der Waals surface area contributed by atoms with Crippen LogP contribution in [0.15, 0.2) is 72.9 Å². The third-order valence-corrected chi connectivity index (χ3v) is 13.7. The first-order valence-corrected chi connectivity index (χ1v) is 29.7. The number of carbonyl (C=O) groups excluding carboxylic acids is 2. The fourth-order valence-electron chi connectivity index (χ4n) is 8.92. The van der Waals surface area contributed by atoms with Crippen LogP contribution in [-0.2, 0) is 23.8 Å². The Morgan fingerprint density at radius 1 is 0.562 bits per heavy atom. The third kappa shape index (κ3) is 38.3. The van der Waals surface area contributed by atoms with Gasteiger partial charge in [0, 0.05) is 6.42 Å². The molecule has 1 saturated heterocycles. The van der Waals surface area contributed by atoms with Crippen LogP contribution in [0.3, 0.4) is 0 Å². The Labute approximate surface area is 445 Å². The predicted octanol–water partition coefficient (Wildman–Crippen LogP) is 13.6. The van der Waals surface area contributed by atoms with Gasteiger partial charge in [0.1, 0.15) is 24.4 Å². The molecular weight excluding hydrogens is 919 g/mol. The second-order valence-electron chi connectivity index (χ2n) is 20.4. The Kier molecular flexibility index (Phi) is 46.6. The molecule has 422 valence electrons. The van der Waals surface area contributed by atoms with E-state index in [1.54, 1.807) is 6.08 Å². The lowest BCUT2D eigenvalue weighted by Gasteiger charge is -2.41. The number of amides is 1. The van der Waals surface area contributed by atoms with Crippen molar-refractivity contribution >= 4 is 11.9 Å². The minimum Gasteiger partial charge on any atom is -0.454 e. The van der Waals surface area contributed by atoms with Crippen LogP contribution in [-0.4, -0.2) is 99.6 Å². The van der Waals surface area contributed by atoms with Crippen molar-refractivity contribution in [3.05, 3.63) is 72.9 Å². The van der Waals surface area contributed by atoms with Gasteiger partial charge < -0.3 is 45.1 Å². The van der Waals surface area contributed by atoms with E-state index >= 15 is 0 Å². The second-order valence-corrected chi connectivity index (χ2v) is 20.4. The zero-order chi connectivity index (χ0) is 53.3. The minimum atomic E-state index is -1.62. The Hall–Kier alpha value is -2.90. The maximum Gasteiger partial charge on any atom is 0.306 e. The molecule has 11 heteroatoms. The van der Waals surface area contributed by atoms with Crippen molar-refractivity contribution in [3.63, 3.8) is 0 Å². The first kappa shape index (κ1) is 68.1. The lowest BCUT2D eigenvalue weighted by molar-refractivity contribution is -0.305. The van der Waals surface area contributed by atoms with E-state index in [0.29, 0.717) is 12.8 Å². The molecule has 0 saturated carbocycles. The van der Waals surface area contributed by atoms with Crippen molar-refractivity contribution < 1.29 is 49.3 Å². The van der Waals surface area contributed by atoms with E-state index in [1.165, 1.54) is 109 Å². The lowest BCUT2D eigenvalue weighted by Crippen LogP contribution is -2.61. The molecule has 1 aliphatic rings. The Balaban J connectivity index is 2.68. The Morgan fingerprint density at radius 2 is 1.04 bits per heavy atom. The van der Waals surface area contributed by atoms with Crippen molar-refractivity contribution in [3.8, 4) is 0 Å². The van der Waals surface area contributed by atoms with Crippen molar-refractivity contribution in [2.45, 2.75) is 294 Å². The number of ether oxygens (including phenoxy) is 3. The number of aliphatic hydroxyl groups is 5. The van der Waals surface area contributed by atoms with Crippen LogP contribution in [0.2, 0.25) is 0 Å². The summed E-state index contributed by atoms with van der Waals surface area (Å²) in [5, 5.41) is 56.8. The number of aliphatic hydroxyl groups excluding tert-OH is 5. The molecule has 0 aromatic rings. The number of carbonyl (C=O) groups is 2. The monoisotopic (exact) mass is 1030 g/mol. The highest BCUT2D eigenvalue weighted by Gasteiger charge is 2.47. The van der Waals surface area contributed by atoms with Crippen LogP contribution in [0, 0.1) is 0 Å². The van der Waals surface area contributed by atoms with Gasteiger partial charge in [0.15, 0.2) is 12.4 Å². The smallest absolute Gasteiger partial charge is 0.306 e. The quantitative estimate of drug-likeness (QED) is 0.0149. The fourth-order valence-corrected chi connectivity index (χ4v) is 8.92. The molecule has 1 heterocycles. The summed E-state index contributed by atoms with van der Waals surface area (Å²) in [5.41, 5.74) is 0. The second kappa shape index (κ2) is 49.9. The van der Waals surface area contributed by atoms with E-state index in [2.05, 4.69) is 68.6 Å². The third-order valence-electron chi connectivity index (χ3n) is 13.7. The molecule has 0 aromatic heterocycles. The van der Waals surface area contributed by atoms with Gasteiger partial charge in [0.05, 0.1) is 25.4 Å². The van der Waals surface area contributed by atoms with Crippen LogP contribution in [0.25, 0.3) is 0 Å². The average molecular weight is 1030 g/mol. The first-order chi connectivity index (χ1) is 35.7. The molecule has 0 bridgehead atoms. The molecule has 8 unspecified atom stereocenters. The number of allylic oxidation sites excluding steroid dienone is 11. The molecule has 1 aliphatic heterocycles. The summed E-state index contributed by atoms with van der Waals surface area (Å²) in [6.45, 7) is 5.60. The number of nitrogens with one attached hydrogen (secondary N) is 1. The van der Waals surface area contributed by atoms with Gasteiger partial charge in [-0.05, 0) is 77.0 Å². The summed E-state index contributed by atoms with van der Waals surface area (Å²) in [6, 6.07) is -1.03. The molecule has 8 atom stereocenters. The first-order valence-electron chi connectivity index (χ1n) is 29.7. The number of hydrogen-bond acceptors (Lipinski definition) is 10. The fraction of sp³-hybridized carbons (Fsp3) is 0.774. The summed E-state index contributed by atoms with van der Waals surface area (Å²) in [7, 11) is 0. The highest BCUT2D eigenvalue weighted by molar-refractivity contribution is 5.80. The van der Waals surface area contributed by atoms with Crippen LogP contribution in [0.5, 0.6) is 0 Å². The van der Waals surface area contributed by atoms with Gasteiger partial charge in [-0.1, -0.05) is 235 Å². The molecule has 1 amide bonds. The van der Waals surface area contributed by atoms with E-state index in [9.17, 15) is 35.1 Å². The zero-order valence-corrected chi connectivity index (χ0v) is 46.5. The van der Waals surface area contributed by atoms with Gasteiger partial charge in [0.25, 0.3) is 0 Å². The maximum absolute atomic E-state index is 13.4. The number of rotatable bonds is 49. The molecule has 73 heavy (non-hydrogen) atoms. The van der Waals surface area contributed by atoms with Gasteiger partial charge in [-0.2, -0.15) is 0 Å². The topological polar surface area (TPSA) is 175 Å². The normalized spacial score (nSPS) is 19.9. The molecule has 6 N–H and O–H groups in total. The molecule has 0 aromatic carbocycles. The molecule has 0 aliphatic carbocycles. The molecular formula is C62H109NO10. The number of esters is 1. The van der Waals surface area contributed by atoms with Crippen molar-refractivity contribution in [2.75, 3.05) is 13.2 Å². The largest absolute Gasteiger partial charge is 0.454 e. The predicted molar refractivity (Wildman–Crippen MR) is 301 cm³/mol. The van der Waals surface area contributed by atoms with Crippen LogP contribution < -0.4 is 5.32 Å². The highest BCUT2D eigenvalue weighted by Crippen LogP contribution is 2.26. The summed E-state index contributed by atoms with van der Waals surface area (Å²) >= 11 is 0. The van der Waals surface area contributed by atoms with Gasteiger partial charge in [-0.3, -0.25) is 9.59 Å². The van der Waals surface area contributed by atoms with Crippen LogP contribution >= 0.6 is 0 Å². The SMILES string of the molecule is CC/C=C/C=C/C=C\CCCCCCCC(=O)OC1C(OCC(NC(=O)C(O)CCCCCCCCCCCC/C=C\C/C=C\CCCCC)C(O)/C=C/CCCCCCCCCCC)OC(CO)C(O)C1O. The molecule has 0 spiro atoms. The zero-order valence-electron chi connectivity index (χ0n) is 46.5. The number of hydrogen-bond donors (Lipinski definition) is 6. The van der Waals surface area contributed by atoms with Gasteiger partial charge in [-0.15, -0.1) is 0 Å². The van der Waals surface area contributed by atoms with E-state index in [1.807, 2.05) is 24.3 Å². The Morgan fingerprint density at radius 3 is 1.60 bits per heavy atom. The van der Waals surface area contributed by atoms with Crippen molar-refractivity contribution in [1.82, 2.24) is 5.32 Å². The van der Waals surface area contributed by atoms with E-state index in [-0.39, 0.29) is 19.4 Å². The summed E-state index contributed by atoms with van der Waals surface area (Å²) in [5.74, 6) is -1.22. The lowest BCUT2D eigenvalue weighted by atomic mass is 9.99. The van der Waals surface area contributed by atoms with Crippen molar-refractivity contribution in [1.29, 1.82) is 0 Å². The average Bonchev–Trinajstić information content (AvgIpc) is 3.39. The minimum absolute atomic E-state index is 0.0982. The highest BCUT2D eigenvalue weighted by atomic mass is 16.7. The van der Waals surface area contributed by atoms with Crippen LogP contribution in [0.1, 0.15) is 245 Å². The molecule has 0 radical (unpaired) electrons. The van der Waals surface area contributed by atoms with Gasteiger partial charge in [-0.25, -0.2) is 0 Å². The standard InChI is InChI=1S/C62H109NO10/c1-4-7-10-13-16-19-22-24-25-26-27-28-29-30-32-34-37-40-43-46-49-55(66)61(70)63-53(54(65)48-45-42-39-36-33-21-18-15-12-9-6-3)52-71-62-60(59(69)58(68)56(51-64)72-62)73-57(67)50-47-44-41-38-35-31-23-20-17-14-11-8-5-2/h8,11,14,16-17,19-20,23-25,45,48,53-56,58-60,62,64-66,68-69H,4-7,9-10,12-13,15,18,21-22,26-44,46-47,49-52H2,1-3H3,(H,63,70)/b11-8+,17-14+,19-16-,23-20-,25-24-,48-45+. The Bertz CT molecular complexity index is 1460.